The summed E-state index contributed by atoms with van der Waals surface area (Å²) in [5.41, 5.74) is 10.9. The molecule has 1 aliphatic rings. The molecule has 9 nitrogen and oxygen atoms in total. The van der Waals surface area contributed by atoms with Crippen molar-refractivity contribution in [2.75, 3.05) is 17.7 Å². The number of methoxy groups -OCH3 is 1. The second-order valence-corrected chi connectivity index (χ2v) is 11.5. The Morgan fingerprint density at radius 1 is 0.870 bits per heavy atom. The van der Waals surface area contributed by atoms with Gasteiger partial charge in [-0.15, -0.1) is 11.3 Å². The first-order valence-corrected chi connectivity index (χ1v) is 15.6. The number of aryl methyl sites for hydroxylation is 2. The van der Waals surface area contributed by atoms with E-state index in [1.54, 1.807) is 24.8 Å². The minimum atomic E-state index is -0.171. The van der Waals surface area contributed by atoms with Crippen molar-refractivity contribution < 1.29 is 14.3 Å². The number of amides is 1. The highest BCUT2D eigenvalue weighted by atomic mass is 32.1. The minimum Gasteiger partial charge on any atom is -0.493 e. The summed E-state index contributed by atoms with van der Waals surface area (Å²) in [4.78, 5) is 22.1. The van der Waals surface area contributed by atoms with Crippen molar-refractivity contribution in [1.82, 2.24) is 14.5 Å². The standard InChI is InChI=1S/C36H28N6O3S/c1-44-35-16-27(8-11-34(35)45-19-28-20-46-22-39-28)26-7-9-29-31(15-26)40-30-10-4-23(14-32(30)41-36(29)43)12-13-42-18-33(38-21-42)25-5-2-24(17-37)3-6-25/h2-11,14-16,18,20-22,40H,12-13,19H2,1H3,(H,41,43). The first kappa shape index (κ1) is 28.8. The van der Waals surface area contributed by atoms with Gasteiger partial charge in [0.05, 0.1) is 64.6 Å². The third kappa shape index (κ3) is 6.04. The lowest BCUT2D eigenvalue weighted by Crippen LogP contribution is -2.11. The average Bonchev–Trinajstić information content (AvgIpc) is 3.77. The molecule has 226 valence electrons. The molecule has 0 bridgehead atoms. The Morgan fingerprint density at radius 3 is 2.50 bits per heavy atom. The zero-order chi connectivity index (χ0) is 31.5. The van der Waals surface area contributed by atoms with Crippen molar-refractivity contribution in [2.45, 2.75) is 19.6 Å². The molecule has 0 spiro atoms. The lowest BCUT2D eigenvalue weighted by molar-refractivity contribution is 0.102. The van der Waals surface area contributed by atoms with Gasteiger partial charge in [0.2, 0.25) is 0 Å². The number of ether oxygens (including phenoxy) is 2. The van der Waals surface area contributed by atoms with E-state index in [0.29, 0.717) is 29.2 Å². The molecule has 2 N–H and O–H groups in total. The summed E-state index contributed by atoms with van der Waals surface area (Å²) < 4.78 is 13.6. The SMILES string of the molecule is COc1cc(-c2ccc3c(c2)Nc2ccc(CCn4cnc(-c5ccc(C#N)cc5)c4)cc2NC3=O)ccc1OCc1cscn1. The number of hydrogen-bond donors (Lipinski definition) is 2. The largest absolute Gasteiger partial charge is 0.493 e. The number of carbonyl (C=O) groups is 1. The number of carbonyl (C=O) groups excluding carboxylic acids is 1. The van der Waals surface area contributed by atoms with E-state index < -0.39 is 0 Å². The molecule has 0 aliphatic carbocycles. The maximum absolute atomic E-state index is 13.3. The van der Waals surface area contributed by atoms with Crippen molar-refractivity contribution in [2.24, 2.45) is 0 Å². The molecule has 0 saturated heterocycles. The fraction of sp³-hybridized carbons (Fsp3) is 0.111. The van der Waals surface area contributed by atoms with Gasteiger partial charge < -0.3 is 24.7 Å². The zero-order valence-corrected chi connectivity index (χ0v) is 25.7. The fourth-order valence-electron chi connectivity index (χ4n) is 5.35. The van der Waals surface area contributed by atoms with E-state index in [-0.39, 0.29) is 5.91 Å². The summed E-state index contributed by atoms with van der Waals surface area (Å²) in [5.74, 6) is 1.08. The highest BCUT2D eigenvalue weighted by molar-refractivity contribution is 7.07. The van der Waals surface area contributed by atoms with E-state index in [2.05, 4.69) is 32.7 Å². The third-order valence-corrected chi connectivity index (χ3v) is 8.46. The number of rotatable bonds is 9. The van der Waals surface area contributed by atoms with Crippen LogP contribution in [0.4, 0.5) is 17.1 Å². The minimum absolute atomic E-state index is 0.171. The molecule has 2 aromatic heterocycles. The molecule has 3 heterocycles. The molecule has 1 aliphatic heterocycles. The lowest BCUT2D eigenvalue weighted by Gasteiger charge is -2.14. The Labute approximate surface area is 269 Å². The summed E-state index contributed by atoms with van der Waals surface area (Å²) in [6.45, 7) is 1.09. The second kappa shape index (κ2) is 12.6. The van der Waals surface area contributed by atoms with Crippen LogP contribution in [0.2, 0.25) is 0 Å². The summed E-state index contributed by atoms with van der Waals surface area (Å²) in [6.07, 6.45) is 4.57. The van der Waals surface area contributed by atoms with E-state index in [1.807, 2.05) is 83.1 Å². The Morgan fingerprint density at radius 2 is 1.70 bits per heavy atom. The van der Waals surface area contributed by atoms with Crippen LogP contribution in [0.25, 0.3) is 22.4 Å². The van der Waals surface area contributed by atoms with Gasteiger partial charge in [0, 0.05) is 23.7 Å². The molecular weight excluding hydrogens is 597 g/mol. The van der Waals surface area contributed by atoms with Crippen LogP contribution in [-0.2, 0) is 19.6 Å². The molecule has 46 heavy (non-hydrogen) atoms. The molecule has 0 fully saturated rings. The zero-order valence-electron chi connectivity index (χ0n) is 24.9. The molecule has 7 rings (SSSR count). The fourth-order valence-corrected chi connectivity index (χ4v) is 5.89. The van der Waals surface area contributed by atoms with Crippen molar-refractivity contribution in [3.05, 3.63) is 125 Å². The molecule has 1 amide bonds. The normalized spacial score (nSPS) is 11.8. The van der Waals surface area contributed by atoms with Crippen LogP contribution in [0.1, 0.15) is 27.2 Å². The van der Waals surface area contributed by atoms with Gasteiger partial charge in [-0.1, -0.05) is 30.3 Å². The smallest absolute Gasteiger partial charge is 0.257 e. The third-order valence-electron chi connectivity index (χ3n) is 7.82. The van der Waals surface area contributed by atoms with Gasteiger partial charge in [0.15, 0.2) is 11.5 Å². The predicted octanol–water partition coefficient (Wildman–Crippen LogP) is 7.68. The summed E-state index contributed by atoms with van der Waals surface area (Å²) in [6, 6.07) is 27.2. The van der Waals surface area contributed by atoms with Gasteiger partial charge in [-0.2, -0.15) is 5.26 Å². The number of nitrogens with zero attached hydrogens (tertiary/aromatic N) is 4. The van der Waals surface area contributed by atoms with Gasteiger partial charge in [-0.05, 0) is 71.6 Å². The van der Waals surface area contributed by atoms with Crippen molar-refractivity contribution in [3.8, 4) is 40.0 Å². The number of fused-ring (bicyclic) bond motifs is 2. The molecule has 10 heteroatoms. The number of hydrogen-bond acceptors (Lipinski definition) is 8. The number of anilines is 3. The van der Waals surface area contributed by atoms with Gasteiger partial charge in [-0.25, -0.2) is 9.97 Å². The number of imidazole rings is 1. The van der Waals surface area contributed by atoms with Crippen molar-refractivity contribution in [3.63, 3.8) is 0 Å². The van der Waals surface area contributed by atoms with Gasteiger partial charge in [0.25, 0.3) is 5.91 Å². The van der Waals surface area contributed by atoms with Crippen molar-refractivity contribution in [1.29, 1.82) is 5.26 Å². The second-order valence-electron chi connectivity index (χ2n) is 10.8. The molecule has 0 saturated carbocycles. The van der Waals surface area contributed by atoms with Crippen LogP contribution in [0, 0.1) is 11.3 Å². The average molecular weight is 625 g/mol. The highest BCUT2D eigenvalue weighted by Crippen LogP contribution is 2.38. The quantitative estimate of drug-likeness (QED) is 0.170. The number of aromatic nitrogens is 3. The summed E-state index contributed by atoms with van der Waals surface area (Å²) >= 11 is 1.53. The number of nitriles is 1. The van der Waals surface area contributed by atoms with E-state index in [1.165, 1.54) is 11.3 Å². The van der Waals surface area contributed by atoms with Crippen molar-refractivity contribution >= 4 is 34.3 Å². The first-order chi connectivity index (χ1) is 22.6. The van der Waals surface area contributed by atoms with E-state index in [4.69, 9.17) is 14.7 Å². The predicted molar refractivity (Wildman–Crippen MR) is 179 cm³/mol. The van der Waals surface area contributed by atoms with E-state index in [0.717, 1.165) is 63.7 Å². The highest BCUT2D eigenvalue weighted by Gasteiger charge is 2.20. The molecule has 0 radical (unpaired) electrons. The molecule has 4 aromatic carbocycles. The van der Waals surface area contributed by atoms with Crippen LogP contribution in [0.5, 0.6) is 11.5 Å². The number of nitrogens with one attached hydrogen (secondary N) is 2. The molecular formula is C36H28N6O3S. The molecule has 0 atom stereocenters. The Balaban J connectivity index is 1.06. The topological polar surface area (TPSA) is 114 Å². The van der Waals surface area contributed by atoms with Crippen LogP contribution in [-0.4, -0.2) is 27.6 Å². The summed E-state index contributed by atoms with van der Waals surface area (Å²) in [7, 11) is 1.62. The van der Waals surface area contributed by atoms with Crippen LogP contribution in [0.15, 0.2) is 102 Å². The summed E-state index contributed by atoms with van der Waals surface area (Å²) in [5, 5.41) is 17.5. The Bertz CT molecular complexity index is 2080. The Kier molecular flexibility index (Phi) is 7.89. The lowest BCUT2D eigenvalue weighted by atomic mass is 10.0. The number of benzene rings is 4. The monoisotopic (exact) mass is 624 g/mol. The molecule has 0 unspecified atom stereocenters. The first-order valence-electron chi connectivity index (χ1n) is 14.6. The van der Waals surface area contributed by atoms with E-state index >= 15 is 0 Å². The number of thiazole rings is 1. The van der Waals surface area contributed by atoms with Crippen LogP contribution < -0.4 is 20.1 Å². The maximum atomic E-state index is 13.3. The van der Waals surface area contributed by atoms with Gasteiger partial charge in [0.1, 0.15) is 6.61 Å². The van der Waals surface area contributed by atoms with Gasteiger partial charge >= 0.3 is 0 Å². The van der Waals surface area contributed by atoms with Gasteiger partial charge in [-0.3, -0.25) is 4.79 Å². The Hall–Kier alpha value is -5.92. The van der Waals surface area contributed by atoms with Crippen LogP contribution >= 0.6 is 11.3 Å². The maximum Gasteiger partial charge on any atom is 0.257 e. The van der Waals surface area contributed by atoms with E-state index in [9.17, 15) is 4.79 Å². The van der Waals surface area contributed by atoms with Crippen LogP contribution in [0.3, 0.4) is 0 Å². The molecule has 6 aromatic rings.